The topological polar surface area (TPSA) is 69.6 Å². The van der Waals surface area contributed by atoms with E-state index in [0.29, 0.717) is 24.3 Å². The molecule has 0 radical (unpaired) electrons. The van der Waals surface area contributed by atoms with Gasteiger partial charge in [-0.25, -0.2) is 14.2 Å². The predicted molar refractivity (Wildman–Crippen MR) is 115 cm³/mol. The fourth-order valence-electron chi connectivity index (χ4n) is 4.81. The van der Waals surface area contributed by atoms with Gasteiger partial charge in [0.2, 0.25) is 5.28 Å². The van der Waals surface area contributed by atoms with Crippen LogP contribution in [0, 0.1) is 11.2 Å². The first-order valence-corrected chi connectivity index (χ1v) is 10.8. The molecule has 29 heavy (non-hydrogen) atoms. The van der Waals surface area contributed by atoms with Gasteiger partial charge < -0.3 is 10.0 Å². The van der Waals surface area contributed by atoms with E-state index in [9.17, 15) is 14.3 Å². The van der Waals surface area contributed by atoms with Crippen molar-refractivity contribution in [1.82, 2.24) is 14.9 Å². The predicted octanol–water partition coefficient (Wildman–Crippen LogP) is 5.59. The zero-order valence-electron chi connectivity index (χ0n) is 16.1. The molecule has 0 aliphatic carbocycles. The Hall–Kier alpha value is -1.38. The molecule has 2 aliphatic heterocycles. The number of nitrogens with zero attached hydrogens (tertiary/aromatic N) is 4. The summed E-state index contributed by atoms with van der Waals surface area (Å²) in [7, 11) is 0. The van der Waals surface area contributed by atoms with E-state index in [0.717, 1.165) is 12.8 Å². The second kappa shape index (κ2) is 6.82. The van der Waals surface area contributed by atoms with E-state index in [2.05, 4.69) is 25.9 Å². The fourth-order valence-corrected chi connectivity index (χ4v) is 5.47. The monoisotopic (exact) mass is 504 g/mol. The van der Waals surface area contributed by atoms with E-state index in [4.69, 9.17) is 23.2 Å². The lowest BCUT2D eigenvalue weighted by Gasteiger charge is -2.54. The maximum atomic E-state index is 14.8. The van der Waals surface area contributed by atoms with E-state index in [1.807, 2.05) is 25.7 Å². The number of piperazine rings is 1. The summed E-state index contributed by atoms with van der Waals surface area (Å²) in [6.07, 6.45) is 0.601. The normalized spacial score (nSPS) is 24.4. The minimum atomic E-state index is -0.911. The van der Waals surface area contributed by atoms with Gasteiger partial charge >= 0.3 is 6.09 Å². The number of aromatic nitrogens is 2. The van der Waals surface area contributed by atoms with E-state index in [1.54, 1.807) is 11.0 Å². The molecule has 1 amide bonds. The Morgan fingerprint density at radius 2 is 2.07 bits per heavy atom. The molecule has 4 rings (SSSR count). The third kappa shape index (κ3) is 3.06. The van der Waals surface area contributed by atoms with Gasteiger partial charge in [0.1, 0.15) is 11.3 Å². The van der Waals surface area contributed by atoms with Crippen LogP contribution in [0.1, 0.15) is 33.6 Å². The first-order valence-electron chi connectivity index (χ1n) is 9.24. The van der Waals surface area contributed by atoms with Crippen LogP contribution in [0.2, 0.25) is 10.3 Å². The molecule has 3 heterocycles. The van der Waals surface area contributed by atoms with Crippen molar-refractivity contribution in [3.63, 3.8) is 0 Å². The van der Waals surface area contributed by atoms with Gasteiger partial charge in [-0.1, -0.05) is 32.4 Å². The lowest BCUT2D eigenvalue weighted by Crippen LogP contribution is -2.68. The molecule has 2 aliphatic rings. The van der Waals surface area contributed by atoms with Crippen LogP contribution < -0.4 is 4.90 Å². The van der Waals surface area contributed by atoms with Crippen molar-refractivity contribution >= 4 is 61.9 Å². The van der Waals surface area contributed by atoms with Crippen molar-refractivity contribution in [2.75, 3.05) is 18.0 Å². The number of amides is 1. The maximum Gasteiger partial charge on any atom is 0.408 e. The molecule has 6 nitrogen and oxygen atoms in total. The van der Waals surface area contributed by atoms with Crippen LogP contribution >= 0.6 is 39.1 Å². The Balaban J connectivity index is 1.89. The number of fused-ring (bicyclic) bond motifs is 3. The molecule has 2 unspecified atom stereocenters. The lowest BCUT2D eigenvalue weighted by molar-refractivity contribution is 0.00532. The summed E-state index contributed by atoms with van der Waals surface area (Å²) in [5.74, 6) is -0.130. The van der Waals surface area contributed by atoms with E-state index >= 15 is 0 Å². The minimum Gasteiger partial charge on any atom is -0.465 e. The van der Waals surface area contributed by atoms with Crippen LogP contribution in [-0.4, -0.2) is 50.7 Å². The fraction of sp³-hybridized carbons (Fsp3) is 0.526. The molecule has 0 spiro atoms. The van der Waals surface area contributed by atoms with Gasteiger partial charge in [0.25, 0.3) is 0 Å². The molecular weight excluding hydrogens is 486 g/mol. The highest BCUT2D eigenvalue weighted by Gasteiger charge is 2.59. The lowest BCUT2D eigenvalue weighted by atomic mass is 9.71. The standard InChI is InChI=1S/C19H20BrCl2FN4O2/c1-18(2,3)19-5-4-9(27(19)17(28)29)7-26(8-19)15-10-6-11(21)12(20)13(23)14(10)24-16(22)25-15/h6,9H,4-5,7-8H2,1-3H3,(H,28,29). The summed E-state index contributed by atoms with van der Waals surface area (Å²) in [5, 5.41) is 10.5. The molecule has 1 N–H and O–H groups in total. The largest absolute Gasteiger partial charge is 0.465 e. The number of carboxylic acid groups (broad SMARTS) is 1. The van der Waals surface area contributed by atoms with Gasteiger partial charge in [0, 0.05) is 18.5 Å². The van der Waals surface area contributed by atoms with Crippen LogP contribution in [0.4, 0.5) is 15.0 Å². The van der Waals surface area contributed by atoms with Gasteiger partial charge in [0.05, 0.1) is 21.1 Å². The van der Waals surface area contributed by atoms with Gasteiger partial charge in [-0.05, 0) is 51.9 Å². The molecule has 2 saturated heterocycles. The van der Waals surface area contributed by atoms with Crippen molar-refractivity contribution in [3.8, 4) is 0 Å². The van der Waals surface area contributed by atoms with Crippen LogP contribution in [0.5, 0.6) is 0 Å². The van der Waals surface area contributed by atoms with Crippen LogP contribution in [0.15, 0.2) is 10.5 Å². The Kier molecular flexibility index (Phi) is 4.91. The molecule has 2 aromatic rings. The number of hydrogen-bond donors (Lipinski definition) is 1. The maximum absolute atomic E-state index is 14.8. The number of rotatable bonds is 1. The molecule has 2 bridgehead atoms. The van der Waals surface area contributed by atoms with Crippen molar-refractivity contribution in [3.05, 3.63) is 26.7 Å². The smallest absolute Gasteiger partial charge is 0.408 e. The third-order valence-corrected chi connectivity index (χ3v) is 7.75. The Bertz CT molecular complexity index is 1030. The highest BCUT2D eigenvalue weighted by Crippen LogP contribution is 2.50. The van der Waals surface area contributed by atoms with E-state index in [1.165, 1.54) is 0 Å². The minimum absolute atomic E-state index is 0.0709. The Morgan fingerprint density at radius 1 is 1.38 bits per heavy atom. The highest BCUT2D eigenvalue weighted by molar-refractivity contribution is 9.10. The van der Waals surface area contributed by atoms with Crippen molar-refractivity contribution in [2.24, 2.45) is 5.41 Å². The van der Waals surface area contributed by atoms with Gasteiger partial charge in [-0.3, -0.25) is 4.90 Å². The van der Waals surface area contributed by atoms with Crippen molar-refractivity contribution in [2.45, 2.75) is 45.2 Å². The molecule has 2 fully saturated rings. The zero-order valence-corrected chi connectivity index (χ0v) is 19.2. The average Bonchev–Trinajstić information content (AvgIpc) is 2.88. The number of hydrogen-bond acceptors (Lipinski definition) is 4. The molecule has 156 valence electrons. The number of anilines is 1. The summed E-state index contributed by atoms with van der Waals surface area (Å²) in [5.41, 5.74) is -0.824. The highest BCUT2D eigenvalue weighted by atomic mass is 79.9. The quantitative estimate of drug-likeness (QED) is 0.404. The average molecular weight is 506 g/mol. The summed E-state index contributed by atoms with van der Waals surface area (Å²) in [6, 6.07) is 1.44. The summed E-state index contributed by atoms with van der Waals surface area (Å²) < 4.78 is 14.9. The third-order valence-electron chi connectivity index (χ3n) is 6.28. The summed E-state index contributed by atoms with van der Waals surface area (Å²) >= 11 is 15.5. The Labute approximate surface area is 186 Å². The summed E-state index contributed by atoms with van der Waals surface area (Å²) in [4.78, 5) is 24.1. The second-order valence-electron chi connectivity index (χ2n) is 8.71. The van der Waals surface area contributed by atoms with Crippen LogP contribution in [0.3, 0.4) is 0 Å². The molecule has 1 aromatic carbocycles. The molecular formula is C19H20BrCl2FN4O2. The van der Waals surface area contributed by atoms with Gasteiger partial charge in [-0.15, -0.1) is 0 Å². The van der Waals surface area contributed by atoms with Gasteiger partial charge in [0.15, 0.2) is 5.82 Å². The first kappa shape index (κ1) is 20.9. The number of carbonyl (C=O) groups is 1. The van der Waals surface area contributed by atoms with Crippen molar-refractivity contribution < 1.29 is 14.3 Å². The molecule has 0 saturated carbocycles. The molecule has 2 atom stereocenters. The number of benzene rings is 1. The molecule has 10 heteroatoms. The van der Waals surface area contributed by atoms with E-state index < -0.39 is 17.4 Å². The SMILES string of the molecule is CC(C)(C)C12CCC(CN(c3nc(Cl)nc4c(F)c(Br)c(Cl)cc34)C1)N2C(=O)O. The molecule has 1 aromatic heterocycles. The van der Waals surface area contributed by atoms with Crippen LogP contribution in [-0.2, 0) is 0 Å². The Morgan fingerprint density at radius 3 is 2.69 bits per heavy atom. The van der Waals surface area contributed by atoms with E-state index in [-0.39, 0.29) is 31.8 Å². The first-order chi connectivity index (χ1) is 13.5. The van der Waals surface area contributed by atoms with Gasteiger partial charge in [-0.2, -0.15) is 4.98 Å². The van der Waals surface area contributed by atoms with Crippen LogP contribution in [0.25, 0.3) is 10.9 Å². The summed E-state index contributed by atoms with van der Waals surface area (Å²) in [6.45, 7) is 7.02. The van der Waals surface area contributed by atoms with Crippen molar-refractivity contribution in [1.29, 1.82) is 0 Å². The number of halogens is 4. The second-order valence-corrected chi connectivity index (χ2v) is 10.2. The zero-order chi connectivity index (χ0) is 21.3.